The van der Waals surface area contributed by atoms with Crippen molar-refractivity contribution in [2.75, 3.05) is 13.2 Å². The fourth-order valence-corrected chi connectivity index (χ4v) is 4.05. The van der Waals surface area contributed by atoms with E-state index in [-0.39, 0.29) is 24.2 Å². The molecule has 1 amide bonds. The number of nitrogens with zero attached hydrogens (tertiary/aromatic N) is 1. The lowest BCUT2D eigenvalue weighted by atomic mass is 9.78. The van der Waals surface area contributed by atoms with E-state index in [0.29, 0.717) is 6.54 Å². The summed E-state index contributed by atoms with van der Waals surface area (Å²) in [6, 6.07) is 8.36. The Morgan fingerprint density at radius 2 is 2.14 bits per heavy atom. The lowest BCUT2D eigenvalue weighted by Gasteiger charge is -2.33. The van der Waals surface area contributed by atoms with Gasteiger partial charge in [-0.25, -0.2) is 4.79 Å². The molecular formula is C18H25NO3. The predicted octanol–water partition coefficient (Wildman–Crippen LogP) is 3.29. The third-order valence-electron chi connectivity index (χ3n) is 4.87. The van der Waals surface area contributed by atoms with Crippen LogP contribution in [0, 0.1) is 5.41 Å². The van der Waals surface area contributed by atoms with Crippen molar-refractivity contribution in [3.63, 3.8) is 0 Å². The summed E-state index contributed by atoms with van der Waals surface area (Å²) < 4.78 is 5.59. The van der Waals surface area contributed by atoms with Crippen LogP contribution < -0.4 is 0 Å². The average Bonchev–Trinajstić information content (AvgIpc) is 2.90. The summed E-state index contributed by atoms with van der Waals surface area (Å²) in [6.45, 7) is 6.54. The van der Waals surface area contributed by atoms with Crippen LogP contribution in [0.15, 0.2) is 24.3 Å². The first-order valence-corrected chi connectivity index (χ1v) is 8.05. The number of hydrogen-bond donors (Lipinski definition) is 1. The Kier molecular flexibility index (Phi) is 3.68. The van der Waals surface area contributed by atoms with Crippen LogP contribution in [0.2, 0.25) is 0 Å². The molecule has 1 aromatic carbocycles. The molecule has 1 aromatic rings. The van der Waals surface area contributed by atoms with Crippen molar-refractivity contribution < 1.29 is 14.6 Å². The molecule has 0 radical (unpaired) electrons. The second-order valence-corrected chi connectivity index (χ2v) is 7.54. The number of amides is 1. The van der Waals surface area contributed by atoms with Crippen molar-refractivity contribution in [2.45, 2.75) is 51.7 Å². The van der Waals surface area contributed by atoms with Gasteiger partial charge in [0.1, 0.15) is 5.60 Å². The van der Waals surface area contributed by atoms with Gasteiger partial charge in [-0.15, -0.1) is 0 Å². The van der Waals surface area contributed by atoms with Gasteiger partial charge in [-0.05, 0) is 51.2 Å². The lowest BCUT2D eigenvalue weighted by Crippen LogP contribution is -2.38. The number of ether oxygens (including phenoxy) is 1. The maximum Gasteiger partial charge on any atom is 0.410 e. The molecule has 120 valence electrons. The number of carbonyl (C=O) groups excluding carboxylic acids is 1. The molecule has 0 aromatic heterocycles. The maximum absolute atomic E-state index is 12.6. The van der Waals surface area contributed by atoms with E-state index in [2.05, 4.69) is 12.1 Å². The minimum Gasteiger partial charge on any atom is -0.444 e. The lowest BCUT2D eigenvalue weighted by molar-refractivity contribution is 0.0157. The molecule has 2 aliphatic rings. The van der Waals surface area contributed by atoms with E-state index in [1.54, 1.807) is 0 Å². The average molecular weight is 303 g/mol. The number of rotatable bonds is 2. The van der Waals surface area contributed by atoms with Crippen LogP contribution >= 0.6 is 0 Å². The fraction of sp³-hybridized carbons (Fsp3) is 0.611. The number of carbonyl (C=O) groups is 1. The Bertz CT molecular complexity index is 578. The summed E-state index contributed by atoms with van der Waals surface area (Å²) in [7, 11) is 0. The van der Waals surface area contributed by atoms with E-state index in [9.17, 15) is 9.90 Å². The summed E-state index contributed by atoms with van der Waals surface area (Å²) in [6.07, 6.45) is 2.35. The Labute approximate surface area is 132 Å². The minimum atomic E-state index is -0.489. The van der Waals surface area contributed by atoms with Crippen molar-refractivity contribution in [3.8, 4) is 0 Å². The highest BCUT2D eigenvalue weighted by Crippen LogP contribution is 2.57. The maximum atomic E-state index is 12.6. The van der Waals surface area contributed by atoms with Gasteiger partial charge in [0.15, 0.2) is 0 Å². The van der Waals surface area contributed by atoms with E-state index in [4.69, 9.17) is 4.74 Å². The summed E-state index contributed by atoms with van der Waals surface area (Å²) in [5, 5.41) is 9.52. The van der Waals surface area contributed by atoms with Crippen LogP contribution in [-0.2, 0) is 11.2 Å². The third kappa shape index (κ3) is 2.50. The molecule has 0 bridgehead atoms. The number of benzene rings is 1. The molecule has 1 fully saturated rings. The van der Waals surface area contributed by atoms with Gasteiger partial charge in [0.2, 0.25) is 0 Å². The first-order chi connectivity index (χ1) is 10.4. The van der Waals surface area contributed by atoms with Crippen molar-refractivity contribution in [1.29, 1.82) is 0 Å². The van der Waals surface area contributed by atoms with Gasteiger partial charge in [-0.3, -0.25) is 0 Å². The molecule has 1 aliphatic carbocycles. The predicted molar refractivity (Wildman–Crippen MR) is 84.6 cm³/mol. The van der Waals surface area contributed by atoms with Gasteiger partial charge in [0.05, 0.1) is 6.04 Å². The quantitative estimate of drug-likeness (QED) is 0.912. The smallest absolute Gasteiger partial charge is 0.410 e. The van der Waals surface area contributed by atoms with Crippen molar-refractivity contribution >= 4 is 6.09 Å². The zero-order valence-corrected chi connectivity index (χ0v) is 13.6. The highest BCUT2D eigenvalue weighted by atomic mass is 16.6. The van der Waals surface area contributed by atoms with Crippen molar-refractivity contribution in [3.05, 3.63) is 35.4 Å². The van der Waals surface area contributed by atoms with Gasteiger partial charge in [-0.2, -0.15) is 0 Å². The number of fused-ring (bicyclic) bond motifs is 3. The van der Waals surface area contributed by atoms with Crippen LogP contribution in [0.5, 0.6) is 0 Å². The molecule has 22 heavy (non-hydrogen) atoms. The van der Waals surface area contributed by atoms with Crippen LogP contribution in [0.1, 0.15) is 50.8 Å². The standard InChI is InChI=1S/C18H25NO3/c1-17(2,3)22-16(21)19-10-8-18(9-11-20)12-13-6-4-5-7-14(13)15(18)19/h4-7,15,20H,8-12H2,1-3H3/t15-,18-/m1/s1. The van der Waals surface area contributed by atoms with E-state index < -0.39 is 5.60 Å². The molecule has 3 rings (SSSR count). The van der Waals surface area contributed by atoms with Gasteiger partial charge in [0.25, 0.3) is 0 Å². The van der Waals surface area contributed by atoms with Gasteiger partial charge >= 0.3 is 6.09 Å². The van der Waals surface area contributed by atoms with E-state index in [1.165, 1.54) is 11.1 Å². The Balaban J connectivity index is 1.94. The van der Waals surface area contributed by atoms with Gasteiger partial charge in [-0.1, -0.05) is 24.3 Å². The molecule has 4 heteroatoms. The summed E-state index contributed by atoms with van der Waals surface area (Å²) in [4.78, 5) is 14.5. The van der Waals surface area contributed by atoms with Crippen LogP contribution in [-0.4, -0.2) is 34.9 Å². The normalized spacial score (nSPS) is 26.7. The molecule has 1 aliphatic heterocycles. The van der Waals surface area contributed by atoms with Crippen LogP contribution in [0.3, 0.4) is 0 Å². The van der Waals surface area contributed by atoms with Crippen molar-refractivity contribution in [1.82, 2.24) is 4.90 Å². The highest BCUT2D eigenvalue weighted by Gasteiger charge is 2.54. The molecule has 4 nitrogen and oxygen atoms in total. The molecule has 0 saturated carbocycles. The molecule has 1 saturated heterocycles. The molecular weight excluding hydrogens is 278 g/mol. The summed E-state index contributed by atoms with van der Waals surface area (Å²) in [5.41, 5.74) is 2.00. The SMILES string of the molecule is CC(C)(C)OC(=O)N1CC[C@@]2(CCO)Cc3ccccc3[C@@H]12. The van der Waals surface area contributed by atoms with E-state index in [0.717, 1.165) is 19.3 Å². The minimum absolute atomic E-state index is 0.0324. The Morgan fingerprint density at radius 3 is 2.82 bits per heavy atom. The molecule has 0 spiro atoms. The number of aliphatic hydroxyl groups is 1. The fourth-order valence-electron chi connectivity index (χ4n) is 4.05. The van der Waals surface area contributed by atoms with E-state index in [1.807, 2.05) is 37.8 Å². The first-order valence-electron chi connectivity index (χ1n) is 8.05. The van der Waals surface area contributed by atoms with Gasteiger partial charge < -0.3 is 14.7 Å². The zero-order valence-electron chi connectivity index (χ0n) is 13.6. The number of hydrogen-bond acceptors (Lipinski definition) is 3. The molecule has 0 unspecified atom stereocenters. The third-order valence-corrected chi connectivity index (χ3v) is 4.87. The molecule has 1 N–H and O–H groups in total. The highest BCUT2D eigenvalue weighted by molar-refractivity contribution is 5.70. The zero-order chi connectivity index (χ0) is 16.0. The number of aliphatic hydroxyl groups excluding tert-OH is 1. The number of likely N-dealkylation sites (tertiary alicyclic amines) is 1. The summed E-state index contributed by atoms with van der Waals surface area (Å²) >= 11 is 0. The van der Waals surface area contributed by atoms with E-state index >= 15 is 0 Å². The second-order valence-electron chi connectivity index (χ2n) is 7.54. The van der Waals surface area contributed by atoms with Crippen LogP contribution in [0.4, 0.5) is 4.79 Å². The molecule has 1 heterocycles. The Morgan fingerprint density at radius 1 is 1.41 bits per heavy atom. The topological polar surface area (TPSA) is 49.8 Å². The second kappa shape index (κ2) is 5.27. The molecule has 2 atom stereocenters. The Hall–Kier alpha value is -1.55. The first kappa shape index (κ1) is 15.3. The van der Waals surface area contributed by atoms with Gasteiger partial charge in [0, 0.05) is 18.6 Å². The van der Waals surface area contributed by atoms with Crippen LogP contribution in [0.25, 0.3) is 0 Å². The largest absolute Gasteiger partial charge is 0.444 e. The monoisotopic (exact) mass is 303 g/mol. The van der Waals surface area contributed by atoms with Crippen molar-refractivity contribution in [2.24, 2.45) is 5.41 Å². The summed E-state index contributed by atoms with van der Waals surface area (Å²) in [5.74, 6) is 0.